The first-order chi connectivity index (χ1) is 5.13. The molecule has 0 spiro atoms. The van der Waals surface area contributed by atoms with E-state index in [4.69, 9.17) is 21.0 Å². The third-order valence-electron chi connectivity index (χ3n) is 0.498. The fraction of sp³-hybridized carbons (Fsp3) is 0.600. The monoisotopic (exact) mass is 168 g/mol. The summed E-state index contributed by atoms with van der Waals surface area (Å²) in [6, 6.07) is 0. The number of carbonyl (C=O) groups is 2. The molecular formula is C5H12O6. The van der Waals surface area contributed by atoms with Gasteiger partial charge in [-0.2, -0.15) is 0 Å². The number of carbonyl (C=O) groups excluding carboxylic acids is 2. The Morgan fingerprint density at radius 2 is 1.09 bits per heavy atom. The van der Waals surface area contributed by atoms with Gasteiger partial charge in [0.05, 0.1) is 6.42 Å². The van der Waals surface area contributed by atoms with Gasteiger partial charge in [0.25, 0.3) is 0 Å². The van der Waals surface area contributed by atoms with Crippen molar-refractivity contribution in [2.45, 2.75) is 20.3 Å². The van der Waals surface area contributed by atoms with E-state index in [1.54, 1.807) is 0 Å². The van der Waals surface area contributed by atoms with Crippen LogP contribution in [0.2, 0.25) is 0 Å². The minimum atomic E-state index is -0.0625. The van der Waals surface area contributed by atoms with Gasteiger partial charge < -0.3 is 0 Å². The van der Waals surface area contributed by atoms with E-state index in [2.05, 4.69) is 0 Å². The van der Waals surface area contributed by atoms with Crippen molar-refractivity contribution in [3.8, 4) is 0 Å². The minimum absolute atomic E-state index is 0.0625. The highest BCUT2D eigenvalue weighted by atomic mass is 17.0. The van der Waals surface area contributed by atoms with Gasteiger partial charge in [-0.15, -0.1) is 0 Å². The van der Waals surface area contributed by atoms with E-state index in [0.717, 1.165) is 0 Å². The molecule has 0 aromatic carbocycles. The van der Waals surface area contributed by atoms with Crippen LogP contribution in [-0.4, -0.2) is 32.6 Å². The second kappa shape index (κ2) is 16.1. The topological polar surface area (TPSA) is 115 Å². The van der Waals surface area contributed by atoms with E-state index in [1.807, 2.05) is 0 Å². The molecule has 0 rings (SSSR count). The standard InChI is InChI=1S/C5H8O2.2H2O2/c1-4(6)3-5(2)7;2*1-2/h3H2,1-2H3;2*1-2H. The van der Waals surface area contributed by atoms with E-state index in [-0.39, 0.29) is 18.0 Å². The Morgan fingerprint density at radius 3 is 1.09 bits per heavy atom. The van der Waals surface area contributed by atoms with Crippen molar-refractivity contribution in [1.29, 1.82) is 0 Å². The van der Waals surface area contributed by atoms with Gasteiger partial charge in [0, 0.05) is 0 Å². The molecule has 0 saturated carbocycles. The fourth-order valence-corrected chi connectivity index (χ4v) is 0.351. The second-order valence-electron chi connectivity index (χ2n) is 1.58. The van der Waals surface area contributed by atoms with Gasteiger partial charge in [0.2, 0.25) is 0 Å². The number of rotatable bonds is 2. The Balaban J connectivity index is -0.000000138. The van der Waals surface area contributed by atoms with Crippen molar-refractivity contribution in [2.75, 3.05) is 0 Å². The van der Waals surface area contributed by atoms with Crippen LogP contribution in [0.3, 0.4) is 0 Å². The van der Waals surface area contributed by atoms with Gasteiger partial charge in [-0.1, -0.05) is 0 Å². The summed E-state index contributed by atoms with van der Waals surface area (Å²) in [6.07, 6.45) is 0.0833. The summed E-state index contributed by atoms with van der Waals surface area (Å²) in [5, 5.41) is 24.0. The normalized spacial score (nSPS) is 6.36. The van der Waals surface area contributed by atoms with Crippen LogP contribution in [0.4, 0.5) is 0 Å². The Kier molecular flexibility index (Phi) is 24.3. The zero-order chi connectivity index (χ0) is 9.86. The molecule has 6 nitrogen and oxygen atoms in total. The largest absolute Gasteiger partial charge is 0.300 e. The van der Waals surface area contributed by atoms with Gasteiger partial charge in [0.15, 0.2) is 0 Å². The predicted molar refractivity (Wildman–Crippen MR) is 36.5 cm³/mol. The van der Waals surface area contributed by atoms with E-state index < -0.39 is 0 Å². The summed E-state index contributed by atoms with van der Waals surface area (Å²) in [7, 11) is 0. The Labute approximate surface area is 63.6 Å². The molecule has 0 aromatic heterocycles. The molecular weight excluding hydrogens is 156 g/mol. The molecule has 4 N–H and O–H groups in total. The summed E-state index contributed by atoms with van der Waals surface area (Å²) >= 11 is 0. The SMILES string of the molecule is CC(=O)CC(C)=O.OO.OO. The number of ketones is 2. The molecule has 0 bridgehead atoms. The smallest absolute Gasteiger partial charge is 0.137 e. The van der Waals surface area contributed by atoms with Gasteiger partial charge in [-0.05, 0) is 13.8 Å². The molecule has 0 saturated heterocycles. The Morgan fingerprint density at radius 1 is 0.909 bits per heavy atom. The van der Waals surface area contributed by atoms with Crippen molar-refractivity contribution in [1.82, 2.24) is 0 Å². The van der Waals surface area contributed by atoms with E-state index >= 15 is 0 Å². The second-order valence-corrected chi connectivity index (χ2v) is 1.58. The van der Waals surface area contributed by atoms with E-state index in [1.165, 1.54) is 13.8 Å². The average Bonchev–Trinajstić information content (AvgIpc) is 1.93. The summed E-state index contributed by atoms with van der Waals surface area (Å²) in [4.78, 5) is 20.1. The molecule has 0 unspecified atom stereocenters. The van der Waals surface area contributed by atoms with E-state index in [0.29, 0.717) is 0 Å². The molecule has 0 radical (unpaired) electrons. The zero-order valence-corrected chi connectivity index (χ0v) is 6.31. The van der Waals surface area contributed by atoms with Crippen molar-refractivity contribution < 1.29 is 30.6 Å². The summed E-state index contributed by atoms with van der Waals surface area (Å²) in [5.41, 5.74) is 0. The highest BCUT2D eigenvalue weighted by molar-refractivity contribution is 5.96. The summed E-state index contributed by atoms with van der Waals surface area (Å²) < 4.78 is 0. The highest BCUT2D eigenvalue weighted by Crippen LogP contribution is 1.80. The molecule has 0 aliphatic rings. The minimum Gasteiger partial charge on any atom is -0.300 e. The lowest BCUT2D eigenvalue weighted by Crippen LogP contribution is -1.97. The Hall–Kier alpha value is -0.820. The third kappa shape index (κ3) is 46.8. The van der Waals surface area contributed by atoms with Gasteiger partial charge in [-0.3, -0.25) is 30.6 Å². The maximum Gasteiger partial charge on any atom is 0.137 e. The fourth-order valence-electron chi connectivity index (χ4n) is 0.351. The third-order valence-corrected chi connectivity index (χ3v) is 0.498. The highest BCUT2D eigenvalue weighted by Gasteiger charge is 1.94. The molecule has 0 aromatic rings. The van der Waals surface area contributed by atoms with Gasteiger partial charge >= 0.3 is 0 Å². The number of Topliss-reactive ketones (excluding diaryl/α,β-unsaturated/α-hetero) is 2. The lowest BCUT2D eigenvalue weighted by atomic mass is 10.2. The van der Waals surface area contributed by atoms with Crippen molar-refractivity contribution in [3.63, 3.8) is 0 Å². The van der Waals surface area contributed by atoms with Crippen LogP contribution in [-0.2, 0) is 9.59 Å². The van der Waals surface area contributed by atoms with Crippen LogP contribution in [0.15, 0.2) is 0 Å². The number of hydrogen-bond donors (Lipinski definition) is 4. The zero-order valence-electron chi connectivity index (χ0n) is 6.31. The lowest BCUT2D eigenvalue weighted by Gasteiger charge is -1.81. The lowest BCUT2D eigenvalue weighted by molar-refractivity contribution is -0.176. The Bertz CT molecular complexity index is 87.1. The molecule has 0 atom stereocenters. The average molecular weight is 168 g/mol. The van der Waals surface area contributed by atoms with Crippen molar-refractivity contribution in [2.24, 2.45) is 0 Å². The molecule has 6 heteroatoms. The summed E-state index contributed by atoms with van der Waals surface area (Å²) in [6.45, 7) is 2.81. The quantitative estimate of drug-likeness (QED) is 0.272. The van der Waals surface area contributed by atoms with Crippen LogP contribution in [0.25, 0.3) is 0 Å². The molecule has 0 amide bonds. The molecule has 11 heavy (non-hydrogen) atoms. The summed E-state index contributed by atoms with van der Waals surface area (Å²) in [5.74, 6) is -0.125. The molecule has 68 valence electrons. The van der Waals surface area contributed by atoms with Crippen LogP contribution in [0.1, 0.15) is 20.3 Å². The maximum atomic E-state index is 10.0. The van der Waals surface area contributed by atoms with Crippen LogP contribution in [0, 0.1) is 0 Å². The van der Waals surface area contributed by atoms with E-state index in [9.17, 15) is 9.59 Å². The molecule has 0 fully saturated rings. The van der Waals surface area contributed by atoms with Gasteiger partial charge in [-0.25, -0.2) is 0 Å². The van der Waals surface area contributed by atoms with Crippen molar-refractivity contribution >= 4 is 11.6 Å². The maximum absolute atomic E-state index is 10.0. The molecule has 0 aliphatic carbocycles. The molecule has 0 aliphatic heterocycles. The first-order valence-electron chi connectivity index (χ1n) is 2.52. The van der Waals surface area contributed by atoms with Gasteiger partial charge in [0.1, 0.15) is 11.6 Å². The van der Waals surface area contributed by atoms with Crippen LogP contribution >= 0.6 is 0 Å². The number of hydrogen-bond acceptors (Lipinski definition) is 6. The molecule has 0 heterocycles. The predicted octanol–water partition coefficient (Wildman–Crippen LogP) is 0.589. The van der Waals surface area contributed by atoms with Crippen molar-refractivity contribution in [3.05, 3.63) is 0 Å². The first-order valence-corrected chi connectivity index (χ1v) is 2.52. The van der Waals surface area contributed by atoms with Crippen LogP contribution < -0.4 is 0 Å². The van der Waals surface area contributed by atoms with Crippen LogP contribution in [0.5, 0.6) is 0 Å². The first kappa shape index (κ1) is 16.6.